The molecule has 1 atom stereocenters. The van der Waals surface area contributed by atoms with Crippen molar-refractivity contribution in [1.82, 2.24) is 4.31 Å². The number of piperidine rings is 1. The fourth-order valence-corrected chi connectivity index (χ4v) is 6.17. The van der Waals surface area contributed by atoms with E-state index in [1.54, 1.807) is 10.4 Å². The van der Waals surface area contributed by atoms with Crippen molar-refractivity contribution in [3.05, 3.63) is 14.7 Å². The Hall–Kier alpha value is 0.0900. The third kappa shape index (κ3) is 2.75. The van der Waals surface area contributed by atoms with Gasteiger partial charge in [0.2, 0.25) is 10.0 Å². The van der Waals surface area contributed by atoms with Crippen LogP contribution in [0, 0.1) is 12.8 Å². The summed E-state index contributed by atoms with van der Waals surface area (Å²) in [6.45, 7) is 5.27. The highest BCUT2D eigenvalue weighted by atomic mass is 79.9. The van der Waals surface area contributed by atoms with E-state index < -0.39 is 10.0 Å². The predicted octanol–water partition coefficient (Wildman–Crippen LogP) is 3.24. The zero-order valence-corrected chi connectivity index (χ0v) is 13.2. The summed E-state index contributed by atoms with van der Waals surface area (Å²) in [5.74, 6) is 0.459. The lowest BCUT2D eigenvalue weighted by Crippen LogP contribution is -2.39. The Labute approximate surface area is 115 Å². The van der Waals surface area contributed by atoms with Gasteiger partial charge in [0.1, 0.15) is 0 Å². The minimum atomic E-state index is -3.29. The number of aryl methyl sites for hydroxylation is 1. The molecule has 1 saturated heterocycles. The normalized spacial score (nSPS) is 22.9. The van der Waals surface area contributed by atoms with Crippen LogP contribution >= 0.6 is 27.3 Å². The average Bonchev–Trinajstić information content (AvgIpc) is 2.58. The van der Waals surface area contributed by atoms with Gasteiger partial charge in [0.25, 0.3) is 0 Å². The zero-order chi connectivity index (χ0) is 12.6. The van der Waals surface area contributed by atoms with Gasteiger partial charge in [-0.3, -0.25) is 0 Å². The quantitative estimate of drug-likeness (QED) is 0.830. The lowest BCUT2D eigenvalue weighted by Gasteiger charge is -2.29. The summed E-state index contributed by atoms with van der Waals surface area (Å²) < 4.78 is 27.5. The topological polar surface area (TPSA) is 37.4 Å². The molecule has 0 aliphatic carbocycles. The van der Waals surface area contributed by atoms with Crippen LogP contribution in [-0.4, -0.2) is 25.8 Å². The molecule has 1 aliphatic rings. The van der Waals surface area contributed by atoms with Gasteiger partial charge < -0.3 is 0 Å². The molecule has 1 aromatic rings. The van der Waals surface area contributed by atoms with Gasteiger partial charge in [-0.2, -0.15) is 4.31 Å². The van der Waals surface area contributed by atoms with Crippen molar-refractivity contribution in [1.29, 1.82) is 0 Å². The molecule has 1 aliphatic heterocycles. The van der Waals surface area contributed by atoms with E-state index in [0.29, 0.717) is 23.9 Å². The molecule has 0 aromatic carbocycles. The van der Waals surface area contributed by atoms with Crippen LogP contribution in [0.15, 0.2) is 14.7 Å². The van der Waals surface area contributed by atoms with E-state index in [1.165, 1.54) is 11.3 Å². The van der Waals surface area contributed by atoms with Crippen LogP contribution in [0.5, 0.6) is 0 Å². The maximum atomic E-state index is 12.5. The van der Waals surface area contributed by atoms with Crippen LogP contribution in [0.4, 0.5) is 0 Å². The lowest BCUT2D eigenvalue weighted by atomic mass is 10.0. The summed E-state index contributed by atoms with van der Waals surface area (Å²) >= 11 is 4.82. The number of halogens is 1. The number of hydrogen-bond donors (Lipinski definition) is 0. The zero-order valence-electron chi connectivity index (χ0n) is 9.94. The Morgan fingerprint density at radius 3 is 2.76 bits per heavy atom. The second-order valence-electron chi connectivity index (χ2n) is 4.58. The molecular weight excluding hydrogens is 322 g/mol. The first-order chi connectivity index (χ1) is 7.91. The van der Waals surface area contributed by atoms with Crippen LogP contribution in [0.3, 0.4) is 0 Å². The van der Waals surface area contributed by atoms with Gasteiger partial charge >= 0.3 is 0 Å². The molecule has 2 rings (SSSR count). The van der Waals surface area contributed by atoms with Crippen molar-refractivity contribution in [2.45, 2.75) is 31.6 Å². The van der Waals surface area contributed by atoms with E-state index in [0.717, 1.165) is 21.5 Å². The second kappa shape index (κ2) is 4.99. The van der Waals surface area contributed by atoms with Gasteiger partial charge in [-0.25, -0.2) is 8.42 Å². The van der Waals surface area contributed by atoms with Gasteiger partial charge in [-0.1, -0.05) is 6.92 Å². The fourth-order valence-electron chi connectivity index (χ4n) is 2.19. The monoisotopic (exact) mass is 337 g/mol. The number of sulfonamides is 1. The Kier molecular flexibility index (Phi) is 3.97. The Bertz CT molecular complexity index is 510. The molecular formula is C11H16BrNO2S2. The van der Waals surface area contributed by atoms with Gasteiger partial charge in [0.15, 0.2) is 0 Å². The summed E-state index contributed by atoms with van der Waals surface area (Å²) in [6.07, 6.45) is 2.09. The summed E-state index contributed by atoms with van der Waals surface area (Å²) in [7, 11) is -3.29. The highest BCUT2D eigenvalue weighted by Gasteiger charge is 2.30. The minimum absolute atomic E-state index is 0.459. The molecule has 1 unspecified atom stereocenters. The third-order valence-electron chi connectivity index (χ3n) is 3.08. The van der Waals surface area contributed by atoms with Gasteiger partial charge in [-0.15, -0.1) is 11.3 Å². The van der Waals surface area contributed by atoms with Gasteiger partial charge in [0.05, 0.1) is 8.68 Å². The second-order valence-corrected chi connectivity index (χ2v) is 9.12. The number of thiophene rings is 1. The summed E-state index contributed by atoms with van der Waals surface area (Å²) in [4.78, 5) is 1.32. The molecule has 96 valence electrons. The largest absolute Gasteiger partial charge is 0.244 e. The van der Waals surface area contributed by atoms with E-state index >= 15 is 0 Å². The minimum Gasteiger partial charge on any atom is -0.207 e. The SMILES string of the molecule is Cc1sc(Br)cc1S(=O)(=O)N1CCCC(C)C1. The molecule has 0 saturated carbocycles. The Morgan fingerprint density at radius 2 is 2.24 bits per heavy atom. The van der Waals surface area contributed by atoms with E-state index in [2.05, 4.69) is 22.9 Å². The van der Waals surface area contributed by atoms with Crippen molar-refractivity contribution in [3.63, 3.8) is 0 Å². The van der Waals surface area contributed by atoms with E-state index in [9.17, 15) is 8.42 Å². The van der Waals surface area contributed by atoms with Crippen molar-refractivity contribution < 1.29 is 8.42 Å². The van der Waals surface area contributed by atoms with Gasteiger partial charge in [0, 0.05) is 18.0 Å². The molecule has 1 aromatic heterocycles. The maximum absolute atomic E-state index is 12.5. The average molecular weight is 338 g/mol. The first kappa shape index (κ1) is 13.5. The summed E-state index contributed by atoms with van der Waals surface area (Å²) in [5.41, 5.74) is 0. The lowest BCUT2D eigenvalue weighted by molar-refractivity contribution is 0.281. The predicted molar refractivity (Wildman–Crippen MR) is 73.9 cm³/mol. The molecule has 0 N–H and O–H groups in total. The molecule has 3 nitrogen and oxygen atoms in total. The summed E-state index contributed by atoms with van der Waals surface area (Å²) in [5, 5.41) is 0. The van der Waals surface area contributed by atoms with Crippen LogP contribution in [0.25, 0.3) is 0 Å². The van der Waals surface area contributed by atoms with Crippen LogP contribution < -0.4 is 0 Å². The van der Waals surface area contributed by atoms with Crippen LogP contribution in [-0.2, 0) is 10.0 Å². The molecule has 0 bridgehead atoms. The van der Waals surface area contributed by atoms with Gasteiger partial charge in [-0.05, 0) is 47.7 Å². The number of rotatable bonds is 2. The molecule has 6 heteroatoms. The van der Waals surface area contributed by atoms with E-state index in [4.69, 9.17) is 0 Å². The molecule has 17 heavy (non-hydrogen) atoms. The first-order valence-electron chi connectivity index (χ1n) is 5.67. The molecule has 1 fully saturated rings. The standard InChI is InChI=1S/C11H16BrNO2S2/c1-8-4-3-5-13(7-8)17(14,15)10-6-11(12)16-9(10)2/h6,8H,3-5,7H2,1-2H3. The van der Waals surface area contributed by atoms with E-state index in [-0.39, 0.29) is 0 Å². The Morgan fingerprint density at radius 1 is 1.53 bits per heavy atom. The fraction of sp³-hybridized carbons (Fsp3) is 0.636. The van der Waals surface area contributed by atoms with Crippen molar-refractivity contribution >= 4 is 37.3 Å². The third-order valence-corrected chi connectivity index (χ3v) is 6.75. The smallest absolute Gasteiger partial charge is 0.207 e. The summed E-state index contributed by atoms with van der Waals surface area (Å²) in [6, 6.07) is 1.72. The number of nitrogens with zero attached hydrogens (tertiary/aromatic N) is 1. The maximum Gasteiger partial charge on any atom is 0.244 e. The van der Waals surface area contributed by atoms with Crippen LogP contribution in [0.2, 0.25) is 0 Å². The van der Waals surface area contributed by atoms with Crippen LogP contribution in [0.1, 0.15) is 24.6 Å². The Balaban J connectivity index is 2.33. The highest BCUT2D eigenvalue weighted by molar-refractivity contribution is 9.11. The van der Waals surface area contributed by atoms with E-state index in [1.807, 2.05) is 6.92 Å². The molecule has 0 spiro atoms. The molecule has 0 radical (unpaired) electrons. The van der Waals surface area contributed by atoms with Crippen molar-refractivity contribution in [3.8, 4) is 0 Å². The highest BCUT2D eigenvalue weighted by Crippen LogP contribution is 2.32. The number of hydrogen-bond acceptors (Lipinski definition) is 3. The first-order valence-corrected chi connectivity index (χ1v) is 8.72. The van der Waals surface area contributed by atoms with Crippen molar-refractivity contribution in [2.24, 2.45) is 5.92 Å². The molecule has 2 heterocycles. The molecule has 0 amide bonds. The van der Waals surface area contributed by atoms with Crippen molar-refractivity contribution in [2.75, 3.05) is 13.1 Å².